The Hall–Kier alpha value is -1.72. The van der Waals surface area contributed by atoms with Crippen LogP contribution in [-0.4, -0.2) is 34.5 Å². The Morgan fingerprint density at radius 3 is 3.10 bits per heavy atom. The first kappa shape index (κ1) is 13.3. The molecule has 0 amide bonds. The van der Waals surface area contributed by atoms with Gasteiger partial charge in [0.05, 0.1) is 5.69 Å². The molecule has 0 aromatic carbocycles. The Bertz CT molecular complexity index is 566. The zero-order valence-corrected chi connectivity index (χ0v) is 12.1. The van der Waals surface area contributed by atoms with Crippen LogP contribution in [0.1, 0.15) is 16.1 Å². The maximum atomic E-state index is 5.77. The fourth-order valence-electron chi connectivity index (χ4n) is 2.42. The van der Waals surface area contributed by atoms with Gasteiger partial charge < -0.3 is 5.73 Å². The van der Waals surface area contributed by atoms with Gasteiger partial charge in [-0.1, -0.05) is 18.2 Å². The van der Waals surface area contributed by atoms with E-state index in [-0.39, 0.29) is 0 Å². The second-order valence-electron chi connectivity index (χ2n) is 4.91. The van der Waals surface area contributed by atoms with Gasteiger partial charge in [-0.15, -0.1) is 11.3 Å². The third kappa shape index (κ3) is 3.23. The van der Waals surface area contributed by atoms with Crippen LogP contribution in [0, 0.1) is 0 Å². The van der Waals surface area contributed by atoms with Crippen LogP contribution in [0.2, 0.25) is 0 Å². The fourth-order valence-corrected chi connectivity index (χ4v) is 3.29. The van der Waals surface area contributed by atoms with E-state index in [4.69, 9.17) is 5.73 Å². The van der Waals surface area contributed by atoms with Crippen LogP contribution < -0.4 is 5.73 Å². The lowest BCUT2D eigenvalue weighted by Gasteiger charge is -2.17. The van der Waals surface area contributed by atoms with Gasteiger partial charge in [-0.3, -0.25) is 9.88 Å². The SMILES string of the molecule is Nc1nc2c(s1)CCN(C/C=C/c1cccnc1)CC2. The lowest BCUT2D eigenvalue weighted by atomic mass is 10.2. The van der Waals surface area contributed by atoms with E-state index in [2.05, 4.69) is 33.1 Å². The number of nitrogens with two attached hydrogens (primary N) is 1. The highest BCUT2D eigenvalue weighted by atomic mass is 32.1. The number of nitrogen functional groups attached to an aromatic ring is 1. The molecule has 2 N–H and O–H groups in total. The first-order valence-electron chi connectivity index (χ1n) is 6.84. The minimum absolute atomic E-state index is 0.708. The van der Waals surface area contributed by atoms with Gasteiger partial charge in [0.2, 0.25) is 0 Å². The van der Waals surface area contributed by atoms with Gasteiger partial charge in [0.25, 0.3) is 0 Å². The number of fused-ring (bicyclic) bond motifs is 1. The highest BCUT2D eigenvalue weighted by molar-refractivity contribution is 7.15. The van der Waals surface area contributed by atoms with Crippen LogP contribution >= 0.6 is 11.3 Å². The number of hydrogen-bond donors (Lipinski definition) is 1. The number of hydrogen-bond acceptors (Lipinski definition) is 5. The fraction of sp³-hybridized carbons (Fsp3) is 0.333. The first-order chi connectivity index (χ1) is 9.81. The maximum absolute atomic E-state index is 5.77. The van der Waals surface area contributed by atoms with Gasteiger partial charge in [0, 0.05) is 43.3 Å². The van der Waals surface area contributed by atoms with Crippen molar-refractivity contribution in [3.8, 4) is 0 Å². The van der Waals surface area contributed by atoms with E-state index < -0.39 is 0 Å². The summed E-state index contributed by atoms with van der Waals surface area (Å²) in [5.41, 5.74) is 8.11. The molecule has 1 aliphatic rings. The standard InChI is InChI=1S/C15H18N4S/c16-15-18-13-5-9-19(10-6-14(13)20-15)8-2-4-12-3-1-7-17-11-12/h1-4,7,11H,5-6,8-10H2,(H2,16,18)/b4-2+. The summed E-state index contributed by atoms with van der Waals surface area (Å²) < 4.78 is 0. The molecule has 20 heavy (non-hydrogen) atoms. The van der Waals surface area contributed by atoms with Crippen molar-refractivity contribution in [3.63, 3.8) is 0 Å². The third-order valence-corrected chi connectivity index (χ3v) is 4.46. The number of nitrogens with zero attached hydrogens (tertiary/aromatic N) is 3. The molecule has 0 atom stereocenters. The van der Waals surface area contributed by atoms with Crippen molar-refractivity contribution in [2.75, 3.05) is 25.4 Å². The van der Waals surface area contributed by atoms with Gasteiger partial charge >= 0.3 is 0 Å². The molecule has 5 heteroatoms. The molecule has 2 aromatic heterocycles. The normalized spacial score (nSPS) is 16.2. The maximum Gasteiger partial charge on any atom is 0.180 e. The van der Waals surface area contributed by atoms with Gasteiger partial charge in [0.15, 0.2) is 5.13 Å². The topological polar surface area (TPSA) is 55.0 Å². The molecule has 2 aromatic rings. The summed E-state index contributed by atoms with van der Waals surface area (Å²) >= 11 is 1.64. The van der Waals surface area contributed by atoms with Gasteiger partial charge in [-0.05, 0) is 18.1 Å². The molecular weight excluding hydrogens is 268 g/mol. The Labute approximate surface area is 123 Å². The Morgan fingerprint density at radius 1 is 1.35 bits per heavy atom. The predicted molar refractivity (Wildman–Crippen MR) is 83.6 cm³/mol. The molecule has 0 spiro atoms. The first-order valence-corrected chi connectivity index (χ1v) is 7.66. The zero-order chi connectivity index (χ0) is 13.8. The van der Waals surface area contributed by atoms with Crippen molar-refractivity contribution in [1.29, 1.82) is 0 Å². The van der Waals surface area contributed by atoms with Crippen molar-refractivity contribution in [3.05, 3.63) is 46.7 Å². The monoisotopic (exact) mass is 286 g/mol. The lowest BCUT2D eigenvalue weighted by Crippen LogP contribution is -2.26. The van der Waals surface area contributed by atoms with E-state index in [1.54, 1.807) is 17.5 Å². The Balaban J connectivity index is 1.55. The molecule has 0 saturated carbocycles. The molecule has 3 rings (SSSR count). The number of thiazole rings is 1. The highest BCUT2D eigenvalue weighted by Crippen LogP contribution is 2.24. The minimum Gasteiger partial charge on any atom is -0.375 e. The van der Waals surface area contributed by atoms with E-state index in [0.717, 1.165) is 38.0 Å². The molecular formula is C15H18N4S. The van der Waals surface area contributed by atoms with Crippen molar-refractivity contribution >= 4 is 22.5 Å². The highest BCUT2D eigenvalue weighted by Gasteiger charge is 2.16. The minimum atomic E-state index is 0.708. The van der Waals surface area contributed by atoms with Gasteiger partial charge in [-0.2, -0.15) is 0 Å². The number of anilines is 1. The number of rotatable bonds is 3. The van der Waals surface area contributed by atoms with Gasteiger partial charge in [-0.25, -0.2) is 4.98 Å². The van der Waals surface area contributed by atoms with Crippen LogP contribution in [-0.2, 0) is 12.8 Å². The molecule has 0 bridgehead atoms. The summed E-state index contributed by atoms with van der Waals surface area (Å²) in [6.07, 6.45) is 10.1. The second kappa shape index (κ2) is 6.15. The van der Waals surface area contributed by atoms with E-state index in [1.165, 1.54) is 10.6 Å². The molecule has 0 aliphatic carbocycles. The quantitative estimate of drug-likeness (QED) is 0.940. The third-order valence-electron chi connectivity index (χ3n) is 3.47. The summed E-state index contributed by atoms with van der Waals surface area (Å²) in [6.45, 7) is 3.10. The van der Waals surface area contributed by atoms with Crippen molar-refractivity contribution < 1.29 is 0 Å². The molecule has 0 radical (unpaired) electrons. The Kier molecular flexibility index (Phi) is 4.08. The molecule has 1 aliphatic heterocycles. The molecule has 3 heterocycles. The summed E-state index contributed by atoms with van der Waals surface area (Å²) in [7, 11) is 0. The summed E-state index contributed by atoms with van der Waals surface area (Å²) in [4.78, 5) is 12.3. The largest absolute Gasteiger partial charge is 0.375 e. The van der Waals surface area contributed by atoms with E-state index in [9.17, 15) is 0 Å². The zero-order valence-electron chi connectivity index (χ0n) is 11.3. The van der Waals surface area contributed by atoms with E-state index in [0.29, 0.717) is 5.13 Å². The van der Waals surface area contributed by atoms with Crippen molar-refractivity contribution in [2.45, 2.75) is 12.8 Å². The molecule has 0 saturated heterocycles. The molecule has 104 valence electrons. The van der Waals surface area contributed by atoms with Crippen LogP contribution in [0.5, 0.6) is 0 Å². The average Bonchev–Trinajstić information content (AvgIpc) is 2.72. The molecule has 4 nitrogen and oxygen atoms in total. The van der Waals surface area contributed by atoms with Crippen LogP contribution in [0.15, 0.2) is 30.6 Å². The van der Waals surface area contributed by atoms with Crippen LogP contribution in [0.25, 0.3) is 6.08 Å². The lowest BCUT2D eigenvalue weighted by molar-refractivity contribution is 0.318. The summed E-state index contributed by atoms with van der Waals surface area (Å²) in [5.74, 6) is 0. The Morgan fingerprint density at radius 2 is 2.25 bits per heavy atom. The summed E-state index contributed by atoms with van der Waals surface area (Å²) in [6, 6.07) is 4.02. The molecule has 0 fully saturated rings. The van der Waals surface area contributed by atoms with Crippen LogP contribution in [0.4, 0.5) is 5.13 Å². The summed E-state index contributed by atoms with van der Waals surface area (Å²) in [5, 5.41) is 0.708. The number of aromatic nitrogens is 2. The predicted octanol–water partition coefficient (Wildman–Crippen LogP) is 2.23. The van der Waals surface area contributed by atoms with Crippen molar-refractivity contribution in [1.82, 2.24) is 14.9 Å². The van der Waals surface area contributed by atoms with E-state index in [1.807, 2.05) is 12.3 Å². The van der Waals surface area contributed by atoms with Gasteiger partial charge in [0.1, 0.15) is 0 Å². The van der Waals surface area contributed by atoms with E-state index >= 15 is 0 Å². The van der Waals surface area contributed by atoms with Crippen molar-refractivity contribution in [2.24, 2.45) is 0 Å². The molecule has 0 unspecified atom stereocenters. The second-order valence-corrected chi connectivity index (χ2v) is 6.03. The average molecular weight is 286 g/mol. The number of pyridine rings is 1. The smallest absolute Gasteiger partial charge is 0.180 e. The van der Waals surface area contributed by atoms with Crippen LogP contribution in [0.3, 0.4) is 0 Å².